The van der Waals surface area contributed by atoms with E-state index in [0.717, 1.165) is 48.3 Å². The van der Waals surface area contributed by atoms with Gasteiger partial charge in [0, 0.05) is 36.1 Å². The minimum atomic E-state index is 0.0421. The minimum Gasteiger partial charge on any atom is -0.339 e. The summed E-state index contributed by atoms with van der Waals surface area (Å²) in [5.74, 6) is 0.361. The Morgan fingerprint density at radius 3 is 2.22 bits per heavy atom. The fraction of sp³-hybridized carbons (Fsp3) is 0.217. The summed E-state index contributed by atoms with van der Waals surface area (Å²) in [6, 6.07) is 17.4. The lowest BCUT2D eigenvalue weighted by Gasteiger charge is -2.33. The molecule has 4 heteroatoms. The van der Waals surface area contributed by atoms with E-state index in [0.29, 0.717) is 11.4 Å². The van der Waals surface area contributed by atoms with Crippen LogP contribution in [-0.2, 0) is 4.79 Å². The zero-order valence-corrected chi connectivity index (χ0v) is 15.3. The lowest BCUT2D eigenvalue weighted by molar-refractivity contribution is -0.125. The lowest BCUT2D eigenvalue weighted by Crippen LogP contribution is -2.38. The molecular weight excluding hydrogens is 334 g/mol. The first-order chi connectivity index (χ1) is 13.2. The summed E-state index contributed by atoms with van der Waals surface area (Å²) < 4.78 is 0. The number of carbonyl (C=O) groups is 1. The maximum absolute atomic E-state index is 13.3. The van der Waals surface area contributed by atoms with Gasteiger partial charge in [-0.25, -0.2) is 0 Å². The Morgan fingerprint density at radius 1 is 0.889 bits per heavy atom. The second kappa shape index (κ2) is 7.23. The molecule has 4 nitrogen and oxygen atoms in total. The summed E-state index contributed by atoms with van der Waals surface area (Å²) in [5.41, 5.74) is 3.95. The van der Waals surface area contributed by atoms with E-state index in [1.54, 1.807) is 11.1 Å². The summed E-state index contributed by atoms with van der Waals surface area (Å²) in [5, 5.41) is 8.67. The molecule has 1 fully saturated rings. The van der Waals surface area contributed by atoms with E-state index in [4.69, 9.17) is 5.41 Å². The third-order valence-corrected chi connectivity index (χ3v) is 5.24. The first-order valence-electron chi connectivity index (χ1n) is 9.40. The summed E-state index contributed by atoms with van der Waals surface area (Å²) in [4.78, 5) is 16.9. The highest BCUT2D eigenvalue weighted by molar-refractivity contribution is 6.22. The largest absolute Gasteiger partial charge is 0.339 e. The Balaban J connectivity index is 1.76. The van der Waals surface area contributed by atoms with Gasteiger partial charge in [-0.1, -0.05) is 61.2 Å². The van der Waals surface area contributed by atoms with E-state index in [1.807, 2.05) is 59.5 Å². The van der Waals surface area contributed by atoms with Crippen molar-refractivity contribution in [2.45, 2.75) is 19.3 Å². The van der Waals surface area contributed by atoms with Gasteiger partial charge in [-0.05, 0) is 24.8 Å². The molecule has 1 N–H and O–H groups in total. The van der Waals surface area contributed by atoms with Crippen molar-refractivity contribution >= 4 is 23.0 Å². The van der Waals surface area contributed by atoms with Crippen LogP contribution in [-0.4, -0.2) is 34.6 Å². The smallest absolute Gasteiger partial charge is 0.255 e. The van der Waals surface area contributed by atoms with Gasteiger partial charge in [0.15, 0.2) is 0 Å². The van der Waals surface area contributed by atoms with Crippen molar-refractivity contribution in [3.05, 3.63) is 84.1 Å². The van der Waals surface area contributed by atoms with E-state index >= 15 is 0 Å². The number of fused-ring (bicyclic) bond motifs is 1. The van der Waals surface area contributed by atoms with Gasteiger partial charge in [0.25, 0.3) is 5.91 Å². The van der Waals surface area contributed by atoms with E-state index in [9.17, 15) is 4.79 Å². The average Bonchev–Trinajstić information content (AvgIpc) is 2.74. The quantitative estimate of drug-likeness (QED) is 0.641. The molecule has 1 amide bonds. The molecule has 0 spiro atoms. The second-order valence-electron chi connectivity index (χ2n) is 6.97. The molecule has 0 unspecified atom stereocenters. The van der Waals surface area contributed by atoms with Gasteiger partial charge < -0.3 is 9.80 Å². The molecule has 27 heavy (non-hydrogen) atoms. The van der Waals surface area contributed by atoms with Gasteiger partial charge in [0.2, 0.25) is 0 Å². The zero-order chi connectivity index (χ0) is 18.8. The maximum atomic E-state index is 13.3. The number of amides is 1. The van der Waals surface area contributed by atoms with E-state index in [2.05, 4.69) is 6.58 Å². The number of hydrogen-bond acceptors (Lipinski definition) is 2. The first kappa shape index (κ1) is 17.3. The number of nitrogens with zero attached hydrogens (tertiary/aromatic N) is 2. The molecule has 136 valence electrons. The molecule has 4 rings (SSSR count). The Kier molecular flexibility index (Phi) is 4.63. The Hall–Kier alpha value is -3.14. The molecule has 0 aliphatic carbocycles. The number of amidine groups is 1. The number of hydrogen-bond donors (Lipinski definition) is 1. The van der Waals surface area contributed by atoms with Crippen LogP contribution in [0.25, 0.3) is 11.3 Å². The van der Waals surface area contributed by atoms with Crippen molar-refractivity contribution < 1.29 is 4.79 Å². The average molecular weight is 357 g/mol. The maximum Gasteiger partial charge on any atom is 0.255 e. The summed E-state index contributed by atoms with van der Waals surface area (Å²) in [7, 11) is 0. The third kappa shape index (κ3) is 3.19. The number of benzene rings is 2. The van der Waals surface area contributed by atoms with Gasteiger partial charge in [-0.15, -0.1) is 0 Å². The molecule has 2 aromatic carbocycles. The van der Waals surface area contributed by atoms with Crippen LogP contribution >= 0.6 is 0 Å². The van der Waals surface area contributed by atoms with Gasteiger partial charge in [-0.2, -0.15) is 0 Å². The Labute approximate surface area is 159 Å². The zero-order valence-electron chi connectivity index (χ0n) is 15.3. The molecule has 0 radical (unpaired) electrons. The third-order valence-electron chi connectivity index (χ3n) is 5.24. The number of nitrogens with one attached hydrogen (secondary N) is 1. The van der Waals surface area contributed by atoms with Crippen LogP contribution in [0.4, 0.5) is 0 Å². The Bertz CT molecular complexity index is 924. The van der Waals surface area contributed by atoms with Crippen molar-refractivity contribution in [2.24, 2.45) is 0 Å². The fourth-order valence-electron chi connectivity index (χ4n) is 3.75. The van der Waals surface area contributed by atoms with Crippen LogP contribution < -0.4 is 0 Å². The topological polar surface area (TPSA) is 47.4 Å². The molecule has 2 aliphatic rings. The van der Waals surface area contributed by atoms with Crippen LogP contribution in [0, 0.1) is 5.41 Å². The highest BCUT2D eigenvalue weighted by Crippen LogP contribution is 2.35. The van der Waals surface area contributed by atoms with Crippen molar-refractivity contribution in [2.75, 3.05) is 13.1 Å². The molecule has 0 aromatic heterocycles. The summed E-state index contributed by atoms with van der Waals surface area (Å²) >= 11 is 0. The van der Waals surface area contributed by atoms with Gasteiger partial charge in [-0.3, -0.25) is 10.2 Å². The molecular formula is C23H23N3O. The lowest BCUT2D eigenvalue weighted by atomic mass is 9.93. The molecule has 0 bridgehead atoms. The monoisotopic (exact) mass is 357 g/mol. The summed E-state index contributed by atoms with van der Waals surface area (Å²) in [6.07, 6.45) is 5.08. The van der Waals surface area contributed by atoms with E-state index in [-0.39, 0.29) is 5.91 Å². The van der Waals surface area contributed by atoms with Crippen molar-refractivity contribution in [3.8, 4) is 0 Å². The molecule has 2 heterocycles. The van der Waals surface area contributed by atoms with Crippen LogP contribution in [0.15, 0.2) is 67.4 Å². The van der Waals surface area contributed by atoms with Gasteiger partial charge in [0.05, 0.1) is 5.57 Å². The first-order valence-corrected chi connectivity index (χ1v) is 9.40. The minimum absolute atomic E-state index is 0.0421. The molecule has 1 saturated heterocycles. The number of likely N-dealkylation sites (tertiary alicyclic amines) is 1. The molecule has 0 saturated carbocycles. The highest BCUT2D eigenvalue weighted by atomic mass is 16.2. The fourth-order valence-corrected chi connectivity index (χ4v) is 3.75. The second-order valence-corrected chi connectivity index (χ2v) is 6.97. The van der Waals surface area contributed by atoms with Gasteiger partial charge in [0.1, 0.15) is 5.84 Å². The van der Waals surface area contributed by atoms with Crippen molar-refractivity contribution in [3.63, 3.8) is 0 Å². The van der Waals surface area contributed by atoms with Crippen LogP contribution in [0.1, 0.15) is 36.0 Å². The van der Waals surface area contributed by atoms with Crippen LogP contribution in [0.3, 0.4) is 0 Å². The van der Waals surface area contributed by atoms with E-state index < -0.39 is 0 Å². The van der Waals surface area contributed by atoms with Gasteiger partial charge >= 0.3 is 0 Å². The van der Waals surface area contributed by atoms with Crippen LogP contribution in [0.2, 0.25) is 0 Å². The summed E-state index contributed by atoms with van der Waals surface area (Å²) in [6.45, 7) is 5.81. The predicted molar refractivity (Wildman–Crippen MR) is 109 cm³/mol. The highest BCUT2D eigenvalue weighted by Gasteiger charge is 2.30. The Morgan fingerprint density at radius 2 is 1.52 bits per heavy atom. The van der Waals surface area contributed by atoms with Crippen molar-refractivity contribution in [1.82, 2.24) is 9.80 Å². The normalized spacial score (nSPS) is 16.6. The number of piperidine rings is 1. The number of carbonyl (C=O) groups excluding carboxylic acids is 1. The number of rotatable bonds is 2. The van der Waals surface area contributed by atoms with Crippen molar-refractivity contribution in [1.29, 1.82) is 5.41 Å². The molecule has 2 aromatic rings. The predicted octanol–water partition coefficient (Wildman–Crippen LogP) is 4.35. The van der Waals surface area contributed by atoms with Crippen LogP contribution in [0.5, 0.6) is 0 Å². The molecule has 2 aliphatic heterocycles. The standard InChI is InChI=1S/C23H23N3O/c1-17-19-12-6-7-13-20(19)21(23(27)25-14-8-3-9-15-25)16-26(17)22(24)18-10-4-2-5-11-18/h2,4-7,10-13,16,24H,1,3,8-9,14-15H2. The van der Waals surface area contributed by atoms with E-state index in [1.165, 1.54) is 6.42 Å². The molecule has 0 atom stereocenters. The SMILES string of the molecule is C=C1c2ccccc2C(C(=O)N2CCCCC2)=CN1C(=N)c1ccccc1.